The van der Waals surface area contributed by atoms with Crippen molar-refractivity contribution in [2.75, 3.05) is 13.7 Å². The Morgan fingerprint density at radius 2 is 2.14 bits per heavy atom. The van der Waals surface area contributed by atoms with Crippen LogP contribution in [0, 0.1) is 0 Å². The van der Waals surface area contributed by atoms with Gasteiger partial charge < -0.3 is 14.8 Å². The molecule has 1 aromatic carbocycles. The quantitative estimate of drug-likeness (QED) is 0.596. The third-order valence-electron chi connectivity index (χ3n) is 4.21. The number of methoxy groups -OCH3 is 1. The number of aromatic nitrogens is 2. The number of thiophene rings is 1. The highest BCUT2D eigenvalue weighted by atomic mass is 32.1. The first-order chi connectivity index (χ1) is 13.6. The van der Waals surface area contributed by atoms with Gasteiger partial charge in [0.05, 0.1) is 25.4 Å². The molecule has 0 aliphatic rings. The lowest BCUT2D eigenvalue weighted by atomic mass is 10.2. The summed E-state index contributed by atoms with van der Waals surface area (Å²) in [5.74, 6) is 1.19. The molecule has 3 rings (SSSR count). The fourth-order valence-electron chi connectivity index (χ4n) is 2.72. The van der Waals surface area contributed by atoms with E-state index in [1.54, 1.807) is 13.2 Å². The summed E-state index contributed by atoms with van der Waals surface area (Å²) in [4.78, 5) is 29.5. The number of nitrogens with zero attached hydrogens (tertiary/aromatic N) is 2. The molecular weight excluding hydrogens is 378 g/mol. The van der Waals surface area contributed by atoms with E-state index in [4.69, 9.17) is 9.47 Å². The fraction of sp³-hybridized carbons (Fsp3) is 0.350. The zero-order chi connectivity index (χ0) is 19.9. The maximum Gasteiger partial charge on any atom is 0.262 e. The largest absolute Gasteiger partial charge is 0.493 e. The molecule has 0 atom stereocenters. The van der Waals surface area contributed by atoms with Crippen molar-refractivity contribution in [3.8, 4) is 11.5 Å². The van der Waals surface area contributed by atoms with Crippen LogP contribution in [-0.2, 0) is 17.9 Å². The van der Waals surface area contributed by atoms with Crippen LogP contribution in [0.25, 0.3) is 10.2 Å². The van der Waals surface area contributed by atoms with Gasteiger partial charge in [-0.15, -0.1) is 11.3 Å². The molecule has 0 aliphatic carbocycles. The van der Waals surface area contributed by atoms with E-state index in [9.17, 15) is 9.59 Å². The van der Waals surface area contributed by atoms with Gasteiger partial charge in [-0.25, -0.2) is 4.98 Å². The van der Waals surface area contributed by atoms with Crippen molar-refractivity contribution in [2.45, 2.75) is 32.9 Å². The van der Waals surface area contributed by atoms with Crippen LogP contribution in [0.4, 0.5) is 0 Å². The second kappa shape index (κ2) is 9.36. The van der Waals surface area contributed by atoms with Crippen LogP contribution < -0.4 is 20.3 Å². The molecule has 0 unspecified atom stereocenters. The third-order valence-corrected chi connectivity index (χ3v) is 5.03. The lowest BCUT2D eigenvalue weighted by Crippen LogP contribution is -2.27. The Morgan fingerprint density at radius 3 is 2.93 bits per heavy atom. The average Bonchev–Trinajstić information content (AvgIpc) is 3.20. The fourth-order valence-corrected chi connectivity index (χ4v) is 3.44. The number of hydrogen-bond acceptors (Lipinski definition) is 6. The normalized spacial score (nSPS) is 10.8. The number of benzene rings is 1. The van der Waals surface area contributed by atoms with Crippen molar-refractivity contribution >= 4 is 27.5 Å². The number of fused-ring (bicyclic) bond motifs is 1. The molecule has 7 nitrogen and oxygen atoms in total. The van der Waals surface area contributed by atoms with Crippen molar-refractivity contribution in [1.82, 2.24) is 14.9 Å². The number of nitrogens with one attached hydrogen (secondary N) is 1. The first-order valence-corrected chi connectivity index (χ1v) is 9.99. The first-order valence-electron chi connectivity index (χ1n) is 9.11. The topological polar surface area (TPSA) is 82.5 Å². The van der Waals surface area contributed by atoms with Crippen LogP contribution in [0.15, 0.2) is 40.8 Å². The number of ether oxygens (including phenoxy) is 2. The minimum atomic E-state index is -0.136. The second-order valence-corrected chi connectivity index (χ2v) is 7.14. The zero-order valence-corrected chi connectivity index (χ0v) is 16.8. The summed E-state index contributed by atoms with van der Waals surface area (Å²) < 4.78 is 12.5. The lowest BCUT2D eigenvalue weighted by molar-refractivity contribution is -0.121. The molecule has 0 spiro atoms. The van der Waals surface area contributed by atoms with Crippen molar-refractivity contribution in [2.24, 2.45) is 0 Å². The van der Waals surface area contributed by atoms with Crippen molar-refractivity contribution in [3.05, 3.63) is 51.9 Å². The van der Waals surface area contributed by atoms with Crippen LogP contribution in [0.1, 0.15) is 25.3 Å². The predicted molar refractivity (Wildman–Crippen MR) is 109 cm³/mol. The molecule has 0 saturated carbocycles. The minimum absolute atomic E-state index is 0.119. The monoisotopic (exact) mass is 401 g/mol. The molecule has 3 aromatic rings. The molecule has 0 aliphatic heterocycles. The Kier molecular flexibility index (Phi) is 6.65. The average molecular weight is 401 g/mol. The van der Waals surface area contributed by atoms with Gasteiger partial charge >= 0.3 is 0 Å². The van der Waals surface area contributed by atoms with Gasteiger partial charge in [-0.05, 0) is 35.6 Å². The lowest BCUT2D eigenvalue weighted by Gasteiger charge is -2.12. The Hall–Kier alpha value is -2.87. The van der Waals surface area contributed by atoms with Crippen molar-refractivity contribution in [1.29, 1.82) is 0 Å². The summed E-state index contributed by atoms with van der Waals surface area (Å²) in [7, 11) is 1.59. The van der Waals surface area contributed by atoms with E-state index in [-0.39, 0.29) is 24.4 Å². The summed E-state index contributed by atoms with van der Waals surface area (Å²) in [6.07, 6.45) is 2.61. The van der Waals surface area contributed by atoms with Crippen LogP contribution in [-0.4, -0.2) is 29.2 Å². The van der Waals surface area contributed by atoms with Gasteiger partial charge in [0.25, 0.3) is 5.56 Å². The molecular formula is C20H23N3O4S. The molecule has 28 heavy (non-hydrogen) atoms. The summed E-state index contributed by atoms with van der Waals surface area (Å²) in [5.41, 5.74) is 0.791. The maximum atomic E-state index is 12.3. The Bertz CT molecular complexity index is 1010. The third kappa shape index (κ3) is 4.69. The summed E-state index contributed by atoms with van der Waals surface area (Å²) >= 11 is 1.43. The van der Waals surface area contributed by atoms with Crippen molar-refractivity contribution in [3.63, 3.8) is 0 Å². The summed E-state index contributed by atoms with van der Waals surface area (Å²) in [5, 5.41) is 5.29. The van der Waals surface area contributed by atoms with E-state index in [0.29, 0.717) is 34.9 Å². The van der Waals surface area contributed by atoms with E-state index in [1.807, 2.05) is 30.5 Å². The van der Waals surface area contributed by atoms with Gasteiger partial charge in [0.15, 0.2) is 11.5 Å². The summed E-state index contributed by atoms with van der Waals surface area (Å²) in [6, 6.07) is 7.35. The number of aryl methyl sites for hydroxylation is 1. The molecule has 2 heterocycles. The molecule has 0 bridgehead atoms. The van der Waals surface area contributed by atoms with Crippen LogP contribution in [0.3, 0.4) is 0 Å². The highest BCUT2D eigenvalue weighted by Crippen LogP contribution is 2.28. The van der Waals surface area contributed by atoms with Crippen LogP contribution in [0.5, 0.6) is 11.5 Å². The molecule has 0 radical (unpaired) electrons. The number of amides is 1. The van der Waals surface area contributed by atoms with Crippen molar-refractivity contribution < 1.29 is 14.3 Å². The van der Waals surface area contributed by atoms with E-state index < -0.39 is 0 Å². The second-order valence-electron chi connectivity index (χ2n) is 6.24. The van der Waals surface area contributed by atoms with Crippen LogP contribution >= 0.6 is 11.3 Å². The highest BCUT2D eigenvalue weighted by Gasteiger charge is 2.09. The Labute approximate surface area is 166 Å². The highest BCUT2D eigenvalue weighted by molar-refractivity contribution is 7.16. The maximum absolute atomic E-state index is 12.3. The number of rotatable bonds is 9. The van der Waals surface area contributed by atoms with E-state index in [0.717, 1.165) is 12.0 Å². The zero-order valence-electron chi connectivity index (χ0n) is 15.9. The standard InChI is InChI=1S/C20H23N3O4S/c1-3-9-27-16-5-4-14(11-17(16)26-2)12-21-18(24)6-8-23-13-22-19-15(20(23)25)7-10-28-19/h4-5,7,10-11,13H,3,6,8-9,12H2,1-2H3,(H,21,24). The Balaban J connectivity index is 1.55. The van der Waals surface area contributed by atoms with E-state index >= 15 is 0 Å². The van der Waals surface area contributed by atoms with E-state index in [1.165, 1.54) is 22.2 Å². The number of carbonyl (C=O) groups excluding carboxylic acids is 1. The van der Waals surface area contributed by atoms with E-state index in [2.05, 4.69) is 10.3 Å². The predicted octanol–water partition coefficient (Wildman–Crippen LogP) is 2.96. The van der Waals surface area contributed by atoms with Gasteiger partial charge in [-0.2, -0.15) is 0 Å². The molecule has 2 aromatic heterocycles. The van der Waals surface area contributed by atoms with Gasteiger partial charge in [0.1, 0.15) is 4.83 Å². The molecule has 1 amide bonds. The van der Waals surface area contributed by atoms with Gasteiger partial charge in [0, 0.05) is 19.5 Å². The van der Waals surface area contributed by atoms with Gasteiger partial charge in [-0.3, -0.25) is 14.2 Å². The van der Waals surface area contributed by atoms with Crippen LogP contribution in [0.2, 0.25) is 0 Å². The first kappa shape index (κ1) is 19.9. The minimum Gasteiger partial charge on any atom is -0.493 e. The Morgan fingerprint density at radius 1 is 1.29 bits per heavy atom. The number of hydrogen-bond donors (Lipinski definition) is 1. The molecule has 0 saturated heterocycles. The number of carbonyl (C=O) groups is 1. The molecule has 0 fully saturated rings. The van der Waals surface area contributed by atoms with Gasteiger partial charge in [0.2, 0.25) is 5.91 Å². The summed E-state index contributed by atoms with van der Waals surface area (Å²) in [6.45, 7) is 3.33. The SMILES string of the molecule is CCCOc1ccc(CNC(=O)CCn2cnc3sccc3c2=O)cc1OC. The molecule has 8 heteroatoms. The smallest absolute Gasteiger partial charge is 0.262 e. The molecule has 148 valence electrons. The van der Waals surface area contributed by atoms with Gasteiger partial charge in [-0.1, -0.05) is 13.0 Å². The molecule has 1 N–H and O–H groups in total.